The van der Waals surface area contributed by atoms with Crippen molar-refractivity contribution in [3.63, 3.8) is 0 Å². The van der Waals surface area contributed by atoms with E-state index >= 15 is 0 Å². The lowest BCUT2D eigenvalue weighted by atomic mass is 9.83. The van der Waals surface area contributed by atoms with E-state index < -0.39 is 0 Å². The zero-order valence-corrected chi connectivity index (χ0v) is 14.8. The summed E-state index contributed by atoms with van der Waals surface area (Å²) in [4.78, 5) is 12.4. The third-order valence-corrected chi connectivity index (χ3v) is 4.69. The second kappa shape index (κ2) is 8.32. The summed E-state index contributed by atoms with van der Waals surface area (Å²) >= 11 is 0. The van der Waals surface area contributed by atoms with E-state index in [1.807, 2.05) is 31.2 Å². The maximum Gasteiger partial charge on any atom is 0.223 e. The van der Waals surface area contributed by atoms with Crippen LogP contribution in [0, 0.1) is 5.92 Å². The van der Waals surface area contributed by atoms with Crippen LogP contribution < -0.4 is 11.1 Å². The predicted molar refractivity (Wildman–Crippen MR) is 100 cm³/mol. The van der Waals surface area contributed by atoms with Gasteiger partial charge in [0.2, 0.25) is 5.91 Å². The first kappa shape index (κ1) is 18.5. The maximum atomic E-state index is 12.4. The van der Waals surface area contributed by atoms with Crippen molar-refractivity contribution in [2.45, 2.75) is 38.8 Å². The first-order valence-electron chi connectivity index (χ1n) is 8.32. The van der Waals surface area contributed by atoms with Crippen molar-refractivity contribution in [3.05, 3.63) is 70.8 Å². The Kier molecular flexibility index (Phi) is 6.41. The van der Waals surface area contributed by atoms with Crippen LogP contribution in [-0.4, -0.2) is 5.91 Å². The van der Waals surface area contributed by atoms with E-state index in [9.17, 15) is 4.79 Å². The number of nitrogens with two attached hydrogens (primary N) is 1. The predicted octanol–water partition coefficient (Wildman–Crippen LogP) is 3.55. The summed E-state index contributed by atoms with van der Waals surface area (Å²) in [5.41, 5.74) is 10.8. The van der Waals surface area contributed by atoms with Gasteiger partial charge in [-0.3, -0.25) is 4.79 Å². The minimum atomic E-state index is 0. The largest absolute Gasteiger partial charge is 0.352 e. The summed E-state index contributed by atoms with van der Waals surface area (Å²) in [6.45, 7) is 2.55. The second-order valence-electron chi connectivity index (χ2n) is 6.46. The molecule has 3 nitrogen and oxygen atoms in total. The Morgan fingerprint density at radius 2 is 1.83 bits per heavy atom. The molecule has 2 atom stereocenters. The van der Waals surface area contributed by atoms with Gasteiger partial charge in [0.25, 0.3) is 0 Å². The van der Waals surface area contributed by atoms with Crippen LogP contribution in [0.15, 0.2) is 48.5 Å². The molecule has 0 bridgehead atoms. The van der Waals surface area contributed by atoms with Crippen LogP contribution in [-0.2, 0) is 24.2 Å². The number of carbonyl (C=O) groups is 1. The molecule has 0 heterocycles. The molecule has 0 saturated heterocycles. The van der Waals surface area contributed by atoms with Gasteiger partial charge in [0.1, 0.15) is 0 Å². The highest BCUT2D eigenvalue weighted by Gasteiger charge is 2.24. The summed E-state index contributed by atoms with van der Waals surface area (Å²) in [5, 5.41) is 3.08. The van der Waals surface area contributed by atoms with Gasteiger partial charge in [-0.25, -0.2) is 0 Å². The van der Waals surface area contributed by atoms with Crippen LogP contribution >= 0.6 is 12.4 Å². The van der Waals surface area contributed by atoms with Gasteiger partial charge in [0, 0.05) is 18.5 Å². The molecule has 3 rings (SSSR count). The molecule has 2 unspecified atom stereocenters. The fourth-order valence-electron chi connectivity index (χ4n) is 3.19. The Bertz CT molecular complexity index is 682. The molecule has 0 spiro atoms. The number of halogens is 1. The second-order valence-corrected chi connectivity index (χ2v) is 6.46. The van der Waals surface area contributed by atoms with Gasteiger partial charge < -0.3 is 11.1 Å². The van der Waals surface area contributed by atoms with E-state index in [-0.39, 0.29) is 30.3 Å². The molecular weight excluding hydrogens is 320 g/mol. The molecule has 0 fully saturated rings. The first-order chi connectivity index (χ1) is 11.1. The van der Waals surface area contributed by atoms with Crippen molar-refractivity contribution >= 4 is 18.3 Å². The summed E-state index contributed by atoms with van der Waals surface area (Å²) in [6, 6.07) is 16.6. The standard InChI is InChI=1S/C20H24N2O.ClH/c1-14(21)16-8-6-15(7-9-16)13-22-20(23)19-11-10-17-4-2-3-5-18(17)12-19;/h2-9,14,19H,10-13,21H2,1H3,(H,22,23);1H. The van der Waals surface area contributed by atoms with Crippen molar-refractivity contribution in [1.82, 2.24) is 5.32 Å². The monoisotopic (exact) mass is 344 g/mol. The Balaban J connectivity index is 0.00000208. The number of hydrogen-bond donors (Lipinski definition) is 2. The van der Waals surface area contributed by atoms with Gasteiger partial charge in [0.15, 0.2) is 0 Å². The lowest BCUT2D eigenvalue weighted by Gasteiger charge is -2.23. The topological polar surface area (TPSA) is 55.1 Å². The molecule has 1 amide bonds. The summed E-state index contributed by atoms with van der Waals surface area (Å²) < 4.78 is 0. The van der Waals surface area contributed by atoms with Gasteiger partial charge in [-0.1, -0.05) is 48.5 Å². The average molecular weight is 345 g/mol. The highest BCUT2D eigenvalue weighted by molar-refractivity contribution is 5.85. The quantitative estimate of drug-likeness (QED) is 0.891. The van der Waals surface area contributed by atoms with Crippen LogP contribution in [0.4, 0.5) is 0 Å². The SMILES string of the molecule is CC(N)c1ccc(CNC(=O)C2CCc3ccccc3C2)cc1.Cl. The Morgan fingerprint density at radius 3 is 2.50 bits per heavy atom. The molecule has 2 aromatic rings. The van der Waals surface area contributed by atoms with Gasteiger partial charge >= 0.3 is 0 Å². The van der Waals surface area contributed by atoms with E-state index in [0.717, 1.165) is 30.4 Å². The lowest BCUT2D eigenvalue weighted by Crippen LogP contribution is -2.33. The third kappa shape index (κ3) is 4.37. The number of carbonyl (C=O) groups excluding carboxylic acids is 1. The van der Waals surface area contributed by atoms with Gasteiger partial charge in [-0.2, -0.15) is 0 Å². The van der Waals surface area contributed by atoms with Crippen molar-refractivity contribution in [3.8, 4) is 0 Å². The van der Waals surface area contributed by atoms with E-state index in [1.54, 1.807) is 0 Å². The zero-order valence-electron chi connectivity index (χ0n) is 14.0. The molecule has 2 aromatic carbocycles. The fourth-order valence-corrected chi connectivity index (χ4v) is 3.19. The van der Waals surface area contributed by atoms with Crippen molar-refractivity contribution in [1.29, 1.82) is 0 Å². The minimum Gasteiger partial charge on any atom is -0.352 e. The number of rotatable bonds is 4. The molecule has 0 radical (unpaired) electrons. The summed E-state index contributed by atoms with van der Waals surface area (Å²) in [5.74, 6) is 0.254. The fraction of sp³-hybridized carbons (Fsp3) is 0.350. The molecule has 24 heavy (non-hydrogen) atoms. The van der Waals surface area contributed by atoms with E-state index in [4.69, 9.17) is 5.73 Å². The van der Waals surface area contributed by atoms with E-state index in [0.29, 0.717) is 6.54 Å². The molecule has 0 aromatic heterocycles. The lowest BCUT2D eigenvalue weighted by molar-refractivity contribution is -0.125. The number of fused-ring (bicyclic) bond motifs is 1. The van der Waals surface area contributed by atoms with Gasteiger partial charge in [-0.05, 0) is 48.4 Å². The molecular formula is C20H25ClN2O. The van der Waals surface area contributed by atoms with Gasteiger partial charge in [-0.15, -0.1) is 12.4 Å². The number of aryl methyl sites for hydroxylation is 1. The molecule has 1 aliphatic rings. The van der Waals surface area contributed by atoms with Crippen molar-refractivity contribution in [2.75, 3.05) is 0 Å². The molecule has 3 N–H and O–H groups in total. The Hall–Kier alpha value is -1.84. The van der Waals surface area contributed by atoms with Crippen LogP contribution in [0.1, 0.15) is 41.6 Å². The van der Waals surface area contributed by atoms with Crippen LogP contribution in [0.25, 0.3) is 0 Å². The number of nitrogens with one attached hydrogen (secondary N) is 1. The number of benzene rings is 2. The van der Waals surface area contributed by atoms with Crippen molar-refractivity contribution in [2.24, 2.45) is 11.7 Å². The Labute approximate surface area is 150 Å². The highest BCUT2D eigenvalue weighted by atomic mass is 35.5. The molecule has 0 aliphatic heterocycles. The smallest absolute Gasteiger partial charge is 0.223 e. The molecule has 1 aliphatic carbocycles. The first-order valence-corrected chi connectivity index (χ1v) is 8.32. The minimum absolute atomic E-state index is 0. The summed E-state index contributed by atoms with van der Waals surface area (Å²) in [7, 11) is 0. The third-order valence-electron chi connectivity index (χ3n) is 4.69. The summed E-state index contributed by atoms with van der Waals surface area (Å²) in [6.07, 6.45) is 2.79. The van der Waals surface area contributed by atoms with E-state index in [2.05, 4.69) is 29.6 Å². The van der Waals surface area contributed by atoms with Crippen LogP contribution in [0.3, 0.4) is 0 Å². The highest BCUT2D eigenvalue weighted by Crippen LogP contribution is 2.25. The average Bonchev–Trinajstić information content (AvgIpc) is 2.59. The molecule has 128 valence electrons. The van der Waals surface area contributed by atoms with Crippen molar-refractivity contribution < 1.29 is 4.79 Å². The normalized spacial score (nSPS) is 17.3. The number of amides is 1. The van der Waals surface area contributed by atoms with E-state index in [1.165, 1.54) is 11.1 Å². The zero-order chi connectivity index (χ0) is 16.2. The van der Waals surface area contributed by atoms with Crippen LogP contribution in [0.5, 0.6) is 0 Å². The van der Waals surface area contributed by atoms with Crippen LogP contribution in [0.2, 0.25) is 0 Å². The number of hydrogen-bond acceptors (Lipinski definition) is 2. The maximum absolute atomic E-state index is 12.4. The Morgan fingerprint density at radius 1 is 1.17 bits per heavy atom. The molecule has 0 saturated carbocycles. The van der Waals surface area contributed by atoms with Gasteiger partial charge in [0.05, 0.1) is 0 Å². The molecule has 4 heteroatoms.